The molecule has 0 saturated heterocycles. The van der Waals surface area contributed by atoms with E-state index in [0.717, 1.165) is 47.4 Å². The first-order valence-corrected chi connectivity index (χ1v) is 8.99. The lowest BCUT2D eigenvalue weighted by Gasteiger charge is -2.06. The van der Waals surface area contributed by atoms with Crippen LogP contribution in [0, 0.1) is 13.8 Å². The van der Waals surface area contributed by atoms with Crippen molar-refractivity contribution in [2.45, 2.75) is 40.2 Å². The molecule has 0 radical (unpaired) electrons. The van der Waals surface area contributed by atoms with Gasteiger partial charge < -0.3 is 9.30 Å². The van der Waals surface area contributed by atoms with Crippen molar-refractivity contribution in [2.24, 2.45) is 0 Å². The molecule has 0 amide bonds. The lowest BCUT2D eigenvalue weighted by atomic mass is 10.2. The first-order chi connectivity index (χ1) is 12.7. The minimum Gasteiger partial charge on any atom is -0.496 e. The van der Waals surface area contributed by atoms with E-state index in [1.165, 1.54) is 11.3 Å². The lowest BCUT2D eigenvalue weighted by Crippen LogP contribution is -2.01. The summed E-state index contributed by atoms with van der Waals surface area (Å²) in [4.78, 5) is 9.52. The Morgan fingerprint density at radius 2 is 1.92 bits per heavy atom. The number of nitrogens with zero attached hydrogens (tertiary/aromatic N) is 5. The number of para-hydroxylation sites is 1. The number of methoxy groups -OCH3 is 1. The maximum Gasteiger partial charge on any atom is 0.185 e. The number of ether oxygens (including phenoxy) is 1. The van der Waals surface area contributed by atoms with E-state index in [9.17, 15) is 0 Å². The van der Waals surface area contributed by atoms with Crippen molar-refractivity contribution in [3.63, 3.8) is 0 Å². The smallest absolute Gasteiger partial charge is 0.185 e. The summed E-state index contributed by atoms with van der Waals surface area (Å²) in [7, 11) is 1.66. The van der Waals surface area contributed by atoms with Gasteiger partial charge in [-0.1, -0.05) is 25.5 Å². The first-order valence-electron chi connectivity index (χ1n) is 8.99. The summed E-state index contributed by atoms with van der Waals surface area (Å²) >= 11 is 0. The molecule has 1 aromatic carbocycles. The fourth-order valence-corrected chi connectivity index (χ4v) is 3.46. The van der Waals surface area contributed by atoms with Crippen LogP contribution >= 0.6 is 0 Å². The zero-order valence-electron chi connectivity index (χ0n) is 15.7. The summed E-state index contributed by atoms with van der Waals surface area (Å²) in [6, 6.07) is 7.81. The van der Waals surface area contributed by atoms with Crippen molar-refractivity contribution in [3.8, 4) is 17.1 Å². The Balaban J connectivity index is 1.95. The van der Waals surface area contributed by atoms with Gasteiger partial charge in [-0.15, -0.1) is 5.10 Å². The van der Waals surface area contributed by atoms with Crippen molar-refractivity contribution >= 4 is 16.7 Å². The van der Waals surface area contributed by atoms with E-state index in [4.69, 9.17) is 9.72 Å². The van der Waals surface area contributed by atoms with Gasteiger partial charge in [0.1, 0.15) is 17.7 Å². The molecular weight excluding hydrogens is 326 g/mol. The van der Waals surface area contributed by atoms with Gasteiger partial charge in [-0.25, -0.2) is 14.5 Å². The molecule has 134 valence electrons. The molecule has 0 unspecified atom stereocenters. The summed E-state index contributed by atoms with van der Waals surface area (Å²) in [5.74, 6) is 1.41. The maximum atomic E-state index is 5.47. The second-order valence-corrected chi connectivity index (χ2v) is 6.56. The molecule has 4 aromatic rings. The van der Waals surface area contributed by atoms with E-state index in [2.05, 4.69) is 35.4 Å². The Hall–Kier alpha value is -2.89. The zero-order chi connectivity index (χ0) is 18.3. The number of unbranched alkanes of at least 4 members (excludes halogenated alkanes) is 1. The van der Waals surface area contributed by atoms with E-state index in [0.29, 0.717) is 5.82 Å². The number of hydrogen-bond acceptors (Lipinski definition) is 4. The van der Waals surface area contributed by atoms with Gasteiger partial charge in [0.05, 0.1) is 18.1 Å². The predicted molar refractivity (Wildman–Crippen MR) is 103 cm³/mol. The van der Waals surface area contributed by atoms with Crippen molar-refractivity contribution in [2.75, 3.05) is 7.11 Å². The molecule has 0 aliphatic rings. The second-order valence-electron chi connectivity index (χ2n) is 6.56. The van der Waals surface area contributed by atoms with Crippen LogP contribution in [0.3, 0.4) is 0 Å². The summed E-state index contributed by atoms with van der Waals surface area (Å²) in [6.45, 7) is 7.47. The minimum atomic E-state index is 0.648. The monoisotopic (exact) mass is 349 g/mol. The van der Waals surface area contributed by atoms with Gasteiger partial charge in [0.15, 0.2) is 11.5 Å². The van der Waals surface area contributed by atoms with Crippen LogP contribution in [0.5, 0.6) is 5.75 Å². The normalized spacial score (nSPS) is 11.5. The predicted octanol–water partition coefficient (Wildman–Crippen LogP) is 4.17. The summed E-state index contributed by atoms with van der Waals surface area (Å²) in [6.07, 6.45) is 4.05. The Kier molecular flexibility index (Phi) is 4.11. The zero-order valence-corrected chi connectivity index (χ0v) is 15.7. The molecule has 26 heavy (non-hydrogen) atoms. The van der Waals surface area contributed by atoms with Gasteiger partial charge in [-0.3, -0.25) is 0 Å². The van der Waals surface area contributed by atoms with Crippen LogP contribution in [-0.2, 0) is 6.54 Å². The van der Waals surface area contributed by atoms with E-state index in [1.807, 2.05) is 24.3 Å². The van der Waals surface area contributed by atoms with Crippen molar-refractivity contribution in [3.05, 3.63) is 41.9 Å². The first kappa shape index (κ1) is 16.6. The minimum absolute atomic E-state index is 0.648. The molecule has 3 heterocycles. The van der Waals surface area contributed by atoms with Gasteiger partial charge in [-0.2, -0.15) is 0 Å². The largest absolute Gasteiger partial charge is 0.496 e. The van der Waals surface area contributed by atoms with Crippen LogP contribution in [0.4, 0.5) is 0 Å². The van der Waals surface area contributed by atoms with Crippen LogP contribution < -0.4 is 4.74 Å². The molecule has 0 atom stereocenters. The SMILES string of the molecule is CCCCn1c(C)c(C)c2c1ncn1nc(-c3ccccc3OC)nc21. The van der Waals surface area contributed by atoms with Crippen molar-refractivity contribution in [1.82, 2.24) is 24.1 Å². The number of benzene rings is 1. The lowest BCUT2D eigenvalue weighted by molar-refractivity contribution is 0.416. The molecule has 0 saturated carbocycles. The van der Waals surface area contributed by atoms with Crippen LogP contribution in [0.2, 0.25) is 0 Å². The molecular formula is C20H23N5O. The van der Waals surface area contributed by atoms with Crippen LogP contribution in [0.1, 0.15) is 31.0 Å². The Morgan fingerprint density at radius 1 is 1.12 bits per heavy atom. The quantitative estimate of drug-likeness (QED) is 0.542. The van der Waals surface area contributed by atoms with Gasteiger partial charge in [0, 0.05) is 12.2 Å². The fraction of sp³-hybridized carbons (Fsp3) is 0.350. The molecule has 0 aliphatic heterocycles. The number of hydrogen-bond donors (Lipinski definition) is 0. The second kappa shape index (κ2) is 6.44. The number of aryl methyl sites for hydroxylation is 2. The fourth-order valence-electron chi connectivity index (χ4n) is 3.46. The van der Waals surface area contributed by atoms with Gasteiger partial charge in [0.25, 0.3) is 0 Å². The molecule has 0 spiro atoms. The van der Waals surface area contributed by atoms with Gasteiger partial charge in [-0.05, 0) is 38.0 Å². The van der Waals surface area contributed by atoms with Crippen LogP contribution in [-0.4, -0.2) is 31.3 Å². The van der Waals surface area contributed by atoms with Crippen molar-refractivity contribution < 1.29 is 4.74 Å². The summed E-state index contributed by atoms with van der Waals surface area (Å²) < 4.78 is 9.53. The average Bonchev–Trinajstić information content (AvgIpc) is 3.20. The number of aromatic nitrogens is 5. The van der Waals surface area contributed by atoms with E-state index < -0.39 is 0 Å². The van der Waals surface area contributed by atoms with Crippen LogP contribution in [0.25, 0.3) is 28.1 Å². The van der Waals surface area contributed by atoms with Gasteiger partial charge >= 0.3 is 0 Å². The van der Waals surface area contributed by atoms with E-state index in [1.54, 1.807) is 18.0 Å². The molecule has 0 N–H and O–H groups in total. The molecule has 0 bridgehead atoms. The van der Waals surface area contributed by atoms with Crippen molar-refractivity contribution in [1.29, 1.82) is 0 Å². The molecule has 6 heteroatoms. The highest BCUT2D eigenvalue weighted by Gasteiger charge is 2.19. The van der Waals surface area contributed by atoms with E-state index in [-0.39, 0.29) is 0 Å². The summed E-state index contributed by atoms with van der Waals surface area (Å²) in [5, 5.41) is 5.72. The third-order valence-corrected chi connectivity index (χ3v) is 5.03. The Morgan fingerprint density at radius 3 is 2.69 bits per heavy atom. The standard InChI is InChI=1S/C20H23N5O/c1-5-6-11-24-14(3)13(2)17-19(24)21-12-25-20(17)22-18(23-25)15-9-7-8-10-16(15)26-4/h7-10,12H,5-6,11H2,1-4H3. The molecule has 4 rings (SSSR count). The average molecular weight is 349 g/mol. The Bertz CT molecular complexity index is 1090. The highest BCUT2D eigenvalue weighted by Crippen LogP contribution is 2.31. The third-order valence-electron chi connectivity index (χ3n) is 5.03. The highest BCUT2D eigenvalue weighted by atomic mass is 16.5. The number of fused-ring (bicyclic) bond motifs is 3. The number of rotatable bonds is 5. The summed E-state index contributed by atoms with van der Waals surface area (Å²) in [5.41, 5.74) is 5.17. The molecule has 0 aliphatic carbocycles. The van der Waals surface area contributed by atoms with E-state index >= 15 is 0 Å². The third kappa shape index (κ3) is 2.44. The molecule has 0 fully saturated rings. The topological polar surface area (TPSA) is 57.2 Å². The maximum absolute atomic E-state index is 5.47. The van der Waals surface area contributed by atoms with Gasteiger partial charge in [0.2, 0.25) is 0 Å². The molecule has 3 aromatic heterocycles. The highest BCUT2D eigenvalue weighted by molar-refractivity contribution is 5.94. The van der Waals surface area contributed by atoms with Crippen LogP contribution in [0.15, 0.2) is 30.6 Å². The molecule has 6 nitrogen and oxygen atoms in total. The Labute approximate surface area is 152 Å².